The molecule has 0 fully saturated rings. The van der Waals surface area contributed by atoms with Gasteiger partial charge in [0.25, 0.3) is 0 Å². The fourth-order valence-electron chi connectivity index (χ4n) is 2.08. The van der Waals surface area contributed by atoms with Crippen LogP contribution in [0.3, 0.4) is 0 Å². The highest BCUT2D eigenvalue weighted by Gasteiger charge is 2.14. The Bertz CT molecular complexity index is 690. The van der Waals surface area contributed by atoms with Crippen molar-refractivity contribution >= 4 is 5.52 Å². The third-order valence-electron chi connectivity index (χ3n) is 3.16. The highest BCUT2D eigenvalue weighted by atomic mass is 16.5. The summed E-state index contributed by atoms with van der Waals surface area (Å²) in [4.78, 5) is 4.11. The van der Waals surface area contributed by atoms with Gasteiger partial charge >= 0.3 is 0 Å². The number of methoxy groups -OCH3 is 1. The van der Waals surface area contributed by atoms with E-state index in [1.54, 1.807) is 36.4 Å². The molecule has 19 heavy (non-hydrogen) atoms. The quantitative estimate of drug-likeness (QED) is 0.773. The van der Waals surface area contributed by atoms with Gasteiger partial charge in [-0.2, -0.15) is 5.10 Å². The van der Waals surface area contributed by atoms with E-state index < -0.39 is 0 Å². The van der Waals surface area contributed by atoms with Crippen molar-refractivity contribution in [2.24, 2.45) is 5.73 Å². The van der Waals surface area contributed by atoms with Gasteiger partial charge in [-0.05, 0) is 17.7 Å². The molecule has 1 atom stereocenters. The van der Waals surface area contributed by atoms with E-state index >= 15 is 0 Å². The zero-order valence-corrected chi connectivity index (χ0v) is 10.5. The van der Waals surface area contributed by atoms with Crippen LogP contribution in [-0.4, -0.2) is 21.7 Å². The summed E-state index contributed by atoms with van der Waals surface area (Å²) in [6.07, 6.45) is 7.06. The van der Waals surface area contributed by atoms with Crippen LogP contribution in [0.5, 0.6) is 5.75 Å². The molecule has 0 amide bonds. The summed E-state index contributed by atoms with van der Waals surface area (Å²) >= 11 is 0. The fraction of sp³-hybridized carbons (Fsp3) is 0.143. The summed E-state index contributed by atoms with van der Waals surface area (Å²) in [5, 5.41) is 4.27. The second kappa shape index (κ2) is 4.70. The van der Waals surface area contributed by atoms with Crippen molar-refractivity contribution in [3.05, 3.63) is 60.2 Å². The van der Waals surface area contributed by atoms with Crippen molar-refractivity contribution in [3.63, 3.8) is 0 Å². The molecule has 3 aromatic rings. The number of nitrogens with zero attached hydrogens (tertiary/aromatic N) is 3. The highest BCUT2D eigenvalue weighted by molar-refractivity contribution is 5.55. The van der Waals surface area contributed by atoms with Crippen molar-refractivity contribution in [2.75, 3.05) is 7.11 Å². The van der Waals surface area contributed by atoms with Crippen molar-refractivity contribution in [2.45, 2.75) is 6.04 Å². The average Bonchev–Trinajstić information content (AvgIpc) is 2.90. The normalized spacial score (nSPS) is 12.5. The summed E-state index contributed by atoms with van der Waals surface area (Å²) < 4.78 is 6.91. The van der Waals surface area contributed by atoms with Gasteiger partial charge in [-0.15, -0.1) is 0 Å². The van der Waals surface area contributed by atoms with Gasteiger partial charge in [0.1, 0.15) is 5.75 Å². The predicted octanol–water partition coefficient (Wildman–Crippen LogP) is 1.79. The first-order valence-electron chi connectivity index (χ1n) is 5.96. The zero-order chi connectivity index (χ0) is 13.2. The standard InChI is InChI=1S/C14H14N4O/c1-19-11-4-2-10(3-5-11)14(15)12-8-17-18-7-6-16-9-13(12)18/h2-9,14H,15H2,1H3. The van der Waals surface area contributed by atoms with Crippen molar-refractivity contribution < 1.29 is 4.74 Å². The van der Waals surface area contributed by atoms with Crippen LogP contribution in [0.2, 0.25) is 0 Å². The number of hydrogen-bond donors (Lipinski definition) is 1. The molecule has 0 radical (unpaired) electrons. The number of fused-ring (bicyclic) bond motifs is 1. The molecule has 1 aromatic carbocycles. The molecule has 1 unspecified atom stereocenters. The second-order valence-corrected chi connectivity index (χ2v) is 4.26. The molecule has 0 bridgehead atoms. The molecule has 5 heteroatoms. The molecule has 3 rings (SSSR count). The van der Waals surface area contributed by atoms with Crippen LogP contribution >= 0.6 is 0 Å². The highest BCUT2D eigenvalue weighted by Crippen LogP contribution is 2.24. The van der Waals surface area contributed by atoms with Crippen molar-refractivity contribution in [1.82, 2.24) is 14.6 Å². The molecule has 2 heterocycles. The molecule has 0 aliphatic carbocycles. The lowest BCUT2D eigenvalue weighted by molar-refractivity contribution is 0.414. The van der Waals surface area contributed by atoms with Crippen LogP contribution in [0.1, 0.15) is 17.2 Å². The van der Waals surface area contributed by atoms with Gasteiger partial charge in [0.15, 0.2) is 0 Å². The molecule has 5 nitrogen and oxygen atoms in total. The predicted molar refractivity (Wildman–Crippen MR) is 72.0 cm³/mol. The van der Waals surface area contributed by atoms with Crippen LogP contribution in [0.15, 0.2) is 49.1 Å². The van der Waals surface area contributed by atoms with Crippen LogP contribution in [0, 0.1) is 0 Å². The lowest BCUT2D eigenvalue weighted by atomic mass is 10.0. The SMILES string of the molecule is COc1ccc(C(N)c2cnn3ccncc23)cc1. The average molecular weight is 254 g/mol. The molecule has 0 aliphatic heterocycles. The van der Waals surface area contributed by atoms with E-state index in [1.807, 2.05) is 24.3 Å². The smallest absolute Gasteiger partial charge is 0.118 e. The van der Waals surface area contributed by atoms with E-state index in [9.17, 15) is 0 Å². The van der Waals surface area contributed by atoms with E-state index in [1.165, 1.54) is 0 Å². The third-order valence-corrected chi connectivity index (χ3v) is 3.16. The molecule has 2 aromatic heterocycles. The van der Waals surface area contributed by atoms with Gasteiger partial charge in [-0.3, -0.25) is 4.98 Å². The fourth-order valence-corrected chi connectivity index (χ4v) is 2.08. The zero-order valence-electron chi connectivity index (χ0n) is 10.5. The van der Waals surface area contributed by atoms with Crippen LogP contribution in [0.4, 0.5) is 0 Å². The topological polar surface area (TPSA) is 65.4 Å². The van der Waals surface area contributed by atoms with Crippen molar-refractivity contribution in [1.29, 1.82) is 0 Å². The van der Waals surface area contributed by atoms with E-state index in [0.29, 0.717) is 0 Å². The molecular weight excluding hydrogens is 240 g/mol. The van der Waals surface area contributed by atoms with Crippen molar-refractivity contribution in [3.8, 4) is 5.75 Å². The molecule has 96 valence electrons. The largest absolute Gasteiger partial charge is 0.497 e. The minimum Gasteiger partial charge on any atom is -0.497 e. The summed E-state index contributed by atoms with van der Waals surface area (Å²) in [5.74, 6) is 0.817. The molecule has 0 spiro atoms. The number of aromatic nitrogens is 3. The van der Waals surface area contributed by atoms with E-state index in [-0.39, 0.29) is 6.04 Å². The Morgan fingerprint density at radius 1 is 1.21 bits per heavy atom. The maximum absolute atomic E-state index is 6.30. The minimum atomic E-state index is -0.229. The minimum absolute atomic E-state index is 0.229. The number of benzene rings is 1. The van der Waals surface area contributed by atoms with E-state index in [0.717, 1.165) is 22.4 Å². The Hall–Kier alpha value is -2.40. The van der Waals surface area contributed by atoms with E-state index in [4.69, 9.17) is 10.5 Å². The Morgan fingerprint density at radius 2 is 2.00 bits per heavy atom. The van der Waals surface area contributed by atoms with Gasteiger partial charge in [-0.25, -0.2) is 4.52 Å². The van der Waals surface area contributed by atoms with Gasteiger partial charge < -0.3 is 10.5 Å². The van der Waals surface area contributed by atoms with Gasteiger partial charge in [0.05, 0.1) is 31.1 Å². The molecule has 2 N–H and O–H groups in total. The lowest BCUT2D eigenvalue weighted by Gasteiger charge is -2.11. The number of rotatable bonds is 3. The summed E-state index contributed by atoms with van der Waals surface area (Å²) in [5.41, 5.74) is 9.19. The summed E-state index contributed by atoms with van der Waals surface area (Å²) in [6, 6.07) is 7.50. The Labute approximate surface area is 110 Å². The van der Waals surface area contributed by atoms with Gasteiger partial charge in [0.2, 0.25) is 0 Å². The first kappa shape index (κ1) is 11.7. The van der Waals surface area contributed by atoms with Crippen LogP contribution in [-0.2, 0) is 0 Å². The molecule has 0 aliphatic rings. The van der Waals surface area contributed by atoms with E-state index in [2.05, 4.69) is 10.1 Å². The maximum Gasteiger partial charge on any atom is 0.118 e. The molecule has 0 saturated heterocycles. The Balaban J connectivity index is 2.00. The van der Waals surface area contributed by atoms with Gasteiger partial charge in [0, 0.05) is 18.0 Å². The first-order chi connectivity index (χ1) is 9.29. The van der Waals surface area contributed by atoms with Crippen LogP contribution < -0.4 is 10.5 Å². The van der Waals surface area contributed by atoms with Gasteiger partial charge in [-0.1, -0.05) is 12.1 Å². The lowest BCUT2D eigenvalue weighted by Crippen LogP contribution is -2.11. The monoisotopic (exact) mass is 254 g/mol. The third kappa shape index (κ3) is 2.04. The first-order valence-corrected chi connectivity index (χ1v) is 5.96. The number of ether oxygens (including phenoxy) is 1. The second-order valence-electron chi connectivity index (χ2n) is 4.26. The number of nitrogens with two attached hydrogens (primary N) is 1. The Kier molecular flexibility index (Phi) is 2.89. The summed E-state index contributed by atoms with van der Waals surface area (Å²) in [6.45, 7) is 0. The van der Waals surface area contributed by atoms with Crippen LogP contribution in [0.25, 0.3) is 5.52 Å². The molecular formula is C14H14N4O. The maximum atomic E-state index is 6.30. The number of hydrogen-bond acceptors (Lipinski definition) is 4. The molecule has 0 saturated carbocycles. The Morgan fingerprint density at radius 3 is 2.74 bits per heavy atom. The summed E-state index contributed by atoms with van der Waals surface area (Å²) in [7, 11) is 1.64.